The van der Waals surface area contributed by atoms with Crippen LogP contribution in [-0.2, 0) is 23.8 Å². The Hall–Kier alpha value is 0.260. The molecule has 0 radical (unpaired) electrons. The zero-order valence-electron chi connectivity index (χ0n) is 13.4. The van der Waals surface area contributed by atoms with Crippen molar-refractivity contribution in [1.29, 1.82) is 0 Å². The summed E-state index contributed by atoms with van der Waals surface area (Å²) >= 11 is 3.24. The molecule has 0 aliphatic carbocycles. The smallest absolute Gasteiger partial charge is 0.297 e. The van der Waals surface area contributed by atoms with Crippen LogP contribution in [0.25, 0.3) is 0 Å². The maximum Gasteiger partial charge on any atom is 0.297 e. The molecule has 2 fully saturated rings. The number of ether oxygens (including phenoxy) is 2. The summed E-state index contributed by atoms with van der Waals surface area (Å²) in [5, 5.41) is 0. The number of rotatable bonds is 5. The Morgan fingerprint density at radius 3 is 1.96 bits per heavy atom. The number of hydrogen-bond donors (Lipinski definition) is 0. The Balaban J connectivity index is 0.000000320. The first-order chi connectivity index (χ1) is 10.2. The summed E-state index contributed by atoms with van der Waals surface area (Å²) in [4.78, 5) is 0.153. The second-order valence-corrected chi connectivity index (χ2v) is 8.53. The molecule has 0 aromatic heterocycles. The van der Waals surface area contributed by atoms with E-state index < -0.39 is 15.7 Å². The second kappa shape index (κ2) is 8.09. The van der Waals surface area contributed by atoms with Crippen LogP contribution in [0.3, 0.4) is 0 Å². The molecule has 23 heavy (non-hydrogen) atoms. The van der Waals surface area contributed by atoms with Crippen molar-refractivity contribution in [3.05, 3.63) is 28.7 Å². The molecule has 2 saturated heterocycles. The van der Waals surface area contributed by atoms with Gasteiger partial charge in [-0.05, 0) is 44.5 Å². The van der Waals surface area contributed by atoms with E-state index >= 15 is 0 Å². The number of halogens is 2. The Labute approximate surface area is 163 Å². The summed E-state index contributed by atoms with van der Waals surface area (Å²) in [5.74, 6) is 0. The van der Waals surface area contributed by atoms with Crippen molar-refractivity contribution in [3.8, 4) is 0 Å². The molecule has 0 amide bonds. The molecule has 1 aromatic rings. The first-order valence-corrected chi connectivity index (χ1v) is 9.31. The molecule has 132 valence electrons. The maximum atomic E-state index is 11.7. The SMILES string of the molecule is CC[C@@]1(C)CO1.C[C@]1(COS(=O)(=O)c2ccc(Br)cc2)CO1.I. The lowest BCUT2D eigenvalue weighted by molar-refractivity contribution is 0.207. The monoisotopic (exact) mass is 520 g/mol. The van der Waals surface area contributed by atoms with Gasteiger partial charge in [-0.3, -0.25) is 4.18 Å². The minimum absolute atomic E-state index is 0. The Bertz CT molecular complexity index is 609. The summed E-state index contributed by atoms with van der Waals surface area (Å²) in [6.07, 6.45) is 1.16. The molecular formula is C15H22BrIO5S. The third kappa shape index (κ3) is 6.95. The first-order valence-electron chi connectivity index (χ1n) is 7.11. The first kappa shape index (κ1) is 21.3. The summed E-state index contributed by atoms with van der Waals surface area (Å²) < 4.78 is 39.3. The van der Waals surface area contributed by atoms with E-state index in [1.165, 1.54) is 12.1 Å². The number of hydrogen-bond acceptors (Lipinski definition) is 5. The molecule has 0 saturated carbocycles. The lowest BCUT2D eigenvalue weighted by atomic mass is 10.1. The molecule has 2 aliphatic heterocycles. The van der Waals surface area contributed by atoms with Gasteiger partial charge >= 0.3 is 0 Å². The largest absolute Gasteiger partial charge is 0.370 e. The van der Waals surface area contributed by atoms with Crippen LogP contribution in [0.15, 0.2) is 33.6 Å². The van der Waals surface area contributed by atoms with Crippen molar-refractivity contribution in [1.82, 2.24) is 0 Å². The van der Waals surface area contributed by atoms with Gasteiger partial charge in [0, 0.05) is 4.47 Å². The predicted octanol–water partition coefficient (Wildman–Crippen LogP) is 3.75. The van der Waals surface area contributed by atoms with Crippen molar-refractivity contribution in [2.45, 2.75) is 43.3 Å². The maximum absolute atomic E-state index is 11.7. The van der Waals surface area contributed by atoms with E-state index in [1.54, 1.807) is 12.1 Å². The van der Waals surface area contributed by atoms with Crippen molar-refractivity contribution in [3.63, 3.8) is 0 Å². The van der Waals surface area contributed by atoms with E-state index in [0.717, 1.165) is 17.5 Å². The zero-order chi connectivity index (χ0) is 16.4. The standard InChI is InChI=1S/C10H11BrO4S.C5H10O.HI/c1-10(6-14-10)7-15-16(12,13)9-4-2-8(11)3-5-9;1-3-5(2)4-6-5;/h2-5H,6-7H2,1H3;3-4H2,1-2H3;1H/t10-;5-;/m10./s1. The van der Waals surface area contributed by atoms with E-state index in [-0.39, 0.29) is 35.5 Å². The van der Waals surface area contributed by atoms with Crippen LogP contribution < -0.4 is 0 Å². The molecule has 0 bridgehead atoms. The highest BCUT2D eigenvalue weighted by Crippen LogP contribution is 2.29. The molecule has 3 rings (SSSR count). The van der Waals surface area contributed by atoms with Gasteiger partial charge in [0.1, 0.15) is 5.60 Å². The van der Waals surface area contributed by atoms with Crippen LogP contribution in [0.1, 0.15) is 27.2 Å². The van der Waals surface area contributed by atoms with Crippen molar-refractivity contribution in [2.75, 3.05) is 19.8 Å². The molecule has 0 spiro atoms. The van der Waals surface area contributed by atoms with Crippen molar-refractivity contribution in [2.24, 2.45) is 0 Å². The van der Waals surface area contributed by atoms with Crippen LogP contribution in [0.5, 0.6) is 0 Å². The van der Waals surface area contributed by atoms with Crippen molar-refractivity contribution >= 4 is 50.0 Å². The fourth-order valence-electron chi connectivity index (χ4n) is 1.41. The molecule has 5 nitrogen and oxygen atoms in total. The summed E-state index contributed by atoms with van der Waals surface area (Å²) in [7, 11) is -3.67. The zero-order valence-corrected chi connectivity index (χ0v) is 18.1. The summed E-state index contributed by atoms with van der Waals surface area (Å²) in [6.45, 7) is 7.67. The van der Waals surface area contributed by atoms with Gasteiger partial charge in [-0.25, -0.2) is 0 Å². The third-order valence-electron chi connectivity index (χ3n) is 3.64. The summed E-state index contributed by atoms with van der Waals surface area (Å²) in [6, 6.07) is 6.31. The fraction of sp³-hybridized carbons (Fsp3) is 0.600. The predicted molar refractivity (Wildman–Crippen MR) is 102 cm³/mol. The Kier molecular flexibility index (Phi) is 7.50. The molecule has 0 unspecified atom stereocenters. The van der Waals surface area contributed by atoms with Crippen LogP contribution >= 0.6 is 39.9 Å². The van der Waals surface area contributed by atoms with Gasteiger partial charge in [0.2, 0.25) is 0 Å². The van der Waals surface area contributed by atoms with Crippen LogP contribution in [-0.4, -0.2) is 39.4 Å². The van der Waals surface area contributed by atoms with E-state index in [1.807, 2.05) is 6.92 Å². The molecule has 1 aromatic carbocycles. The van der Waals surface area contributed by atoms with Gasteiger partial charge in [-0.15, -0.1) is 24.0 Å². The van der Waals surface area contributed by atoms with Gasteiger partial charge in [-0.1, -0.05) is 22.9 Å². The van der Waals surface area contributed by atoms with E-state index in [0.29, 0.717) is 12.2 Å². The average Bonchev–Trinajstić information content (AvgIpc) is 3.39. The highest BCUT2D eigenvalue weighted by Gasteiger charge is 2.41. The van der Waals surface area contributed by atoms with Crippen LogP contribution in [0, 0.1) is 0 Å². The minimum atomic E-state index is -3.67. The second-order valence-electron chi connectivity index (χ2n) is 6.00. The van der Waals surface area contributed by atoms with Crippen LogP contribution in [0.2, 0.25) is 0 Å². The molecule has 2 atom stereocenters. The van der Waals surface area contributed by atoms with Gasteiger partial charge in [-0.2, -0.15) is 8.42 Å². The fourth-order valence-corrected chi connectivity index (χ4v) is 2.68. The highest BCUT2D eigenvalue weighted by atomic mass is 127. The molecule has 8 heteroatoms. The van der Waals surface area contributed by atoms with Crippen molar-refractivity contribution < 1.29 is 22.1 Å². The number of epoxide rings is 2. The van der Waals surface area contributed by atoms with E-state index in [9.17, 15) is 8.42 Å². The summed E-state index contributed by atoms with van der Waals surface area (Å²) in [5.41, 5.74) is -0.136. The lowest BCUT2D eigenvalue weighted by Gasteiger charge is -2.07. The lowest BCUT2D eigenvalue weighted by Crippen LogP contribution is -2.18. The molecule has 0 N–H and O–H groups in total. The highest BCUT2D eigenvalue weighted by molar-refractivity contribution is 14.0. The molecule has 2 heterocycles. The Morgan fingerprint density at radius 1 is 1.13 bits per heavy atom. The van der Waals surface area contributed by atoms with E-state index in [4.69, 9.17) is 13.7 Å². The Morgan fingerprint density at radius 2 is 1.61 bits per heavy atom. The quantitative estimate of drug-likeness (QED) is 0.336. The van der Waals surface area contributed by atoms with Gasteiger partial charge < -0.3 is 9.47 Å². The normalized spacial score (nSPS) is 28.2. The van der Waals surface area contributed by atoms with Gasteiger partial charge in [0.05, 0.1) is 30.3 Å². The topological polar surface area (TPSA) is 68.4 Å². The van der Waals surface area contributed by atoms with Crippen LogP contribution in [0.4, 0.5) is 0 Å². The van der Waals surface area contributed by atoms with E-state index in [2.05, 4.69) is 29.8 Å². The third-order valence-corrected chi connectivity index (χ3v) is 5.45. The molecular weight excluding hydrogens is 499 g/mol. The number of benzene rings is 1. The van der Waals surface area contributed by atoms with Gasteiger partial charge in [0.25, 0.3) is 10.1 Å². The molecule has 2 aliphatic rings. The average molecular weight is 521 g/mol. The minimum Gasteiger partial charge on any atom is -0.370 e. The van der Waals surface area contributed by atoms with Gasteiger partial charge in [0.15, 0.2) is 0 Å².